The SMILES string of the molecule is Cc1cc(N2CC[C@H](N3CCC[C@@H]3C)C2)ccc1N1CCC2(CCN(OC(=O)OC(C)(C)C)CC2)C1=O. The van der Waals surface area contributed by atoms with E-state index < -0.39 is 11.8 Å². The molecular weight excluding hydrogens is 468 g/mol. The van der Waals surface area contributed by atoms with Crippen LogP contribution in [0.25, 0.3) is 0 Å². The fourth-order valence-electron chi connectivity index (χ4n) is 6.78. The Bertz CT molecular complexity index is 1010. The van der Waals surface area contributed by atoms with Gasteiger partial charge in [-0.2, -0.15) is 0 Å². The highest BCUT2D eigenvalue weighted by Gasteiger charge is 2.49. The minimum atomic E-state index is -0.683. The number of carbonyl (C=O) groups excluding carboxylic acids is 2. The topological polar surface area (TPSA) is 65.6 Å². The van der Waals surface area contributed by atoms with Crippen LogP contribution in [-0.4, -0.2) is 79.0 Å². The molecule has 8 nitrogen and oxygen atoms in total. The Morgan fingerprint density at radius 2 is 1.76 bits per heavy atom. The highest BCUT2D eigenvalue weighted by Crippen LogP contribution is 2.44. The van der Waals surface area contributed by atoms with E-state index in [2.05, 4.69) is 41.8 Å². The van der Waals surface area contributed by atoms with Crippen molar-refractivity contribution in [2.45, 2.75) is 90.8 Å². The smallest absolute Gasteiger partial charge is 0.427 e. The molecule has 4 aliphatic heterocycles. The number of nitrogens with zero attached hydrogens (tertiary/aromatic N) is 4. The van der Waals surface area contributed by atoms with Crippen molar-refractivity contribution in [1.29, 1.82) is 0 Å². The van der Waals surface area contributed by atoms with Gasteiger partial charge in [-0.1, -0.05) is 0 Å². The van der Waals surface area contributed by atoms with E-state index in [0.29, 0.717) is 38.0 Å². The van der Waals surface area contributed by atoms with Crippen molar-refractivity contribution in [2.75, 3.05) is 49.1 Å². The summed E-state index contributed by atoms with van der Waals surface area (Å²) in [7, 11) is 0. The van der Waals surface area contributed by atoms with Gasteiger partial charge in [0.2, 0.25) is 5.91 Å². The second-order valence-electron chi connectivity index (χ2n) is 12.6. The second kappa shape index (κ2) is 10.1. The van der Waals surface area contributed by atoms with Crippen molar-refractivity contribution in [3.05, 3.63) is 23.8 Å². The third kappa shape index (κ3) is 5.46. The fourth-order valence-corrected chi connectivity index (χ4v) is 6.78. The van der Waals surface area contributed by atoms with Gasteiger partial charge in [0.15, 0.2) is 0 Å². The lowest BCUT2D eigenvalue weighted by atomic mass is 9.77. The predicted molar refractivity (Wildman–Crippen MR) is 145 cm³/mol. The Balaban J connectivity index is 1.18. The number of rotatable bonds is 4. The van der Waals surface area contributed by atoms with Gasteiger partial charge in [0.25, 0.3) is 0 Å². The molecule has 0 N–H and O–H groups in total. The summed E-state index contributed by atoms with van der Waals surface area (Å²) in [5, 5.41) is 1.64. The van der Waals surface area contributed by atoms with Crippen LogP contribution in [0.5, 0.6) is 0 Å². The number of hydrogen-bond acceptors (Lipinski definition) is 7. The van der Waals surface area contributed by atoms with Gasteiger partial charge < -0.3 is 19.4 Å². The Morgan fingerprint density at radius 3 is 2.41 bits per heavy atom. The molecule has 0 radical (unpaired) electrons. The van der Waals surface area contributed by atoms with Crippen molar-refractivity contribution in [2.24, 2.45) is 5.41 Å². The monoisotopic (exact) mass is 512 g/mol. The molecule has 0 bridgehead atoms. The maximum atomic E-state index is 13.7. The summed E-state index contributed by atoms with van der Waals surface area (Å²) in [6, 6.07) is 7.98. The number of aryl methyl sites for hydroxylation is 1. The lowest BCUT2D eigenvalue weighted by Gasteiger charge is -2.36. The molecular formula is C29H44N4O4. The number of hydroxylamine groups is 2. The first-order valence-electron chi connectivity index (χ1n) is 14.1. The van der Waals surface area contributed by atoms with E-state index in [1.165, 1.54) is 31.5 Å². The van der Waals surface area contributed by atoms with Crippen molar-refractivity contribution < 1.29 is 19.2 Å². The van der Waals surface area contributed by atoms with Crippen molar-refractivity contribution in [3.8, 4) is 0 Å². The zero-order chi connectivity index (χ0) is 26.4. The van der Waals surface area contributed by atoms with E-state index in [9.17, 15) is 9.59 Å². The predicted octanol–water partition coefficient (Wildman–Crippen LogP) is 4.74. The summed E-state index contributed by atoms with van der Waals surface area (Å²) >= 11 is 0. The van der Waals surface area contributed by atoms with Crippen LogP contribution in [0.3, 0.4) is 0 Å². The van der Waals surface area contributed by atoms with Crippen LogP contribution in [0.4, 0.5) is 16.2 Å². The Hall–Kier alpha value is -2.32. The van der Waals surface area contributed by atoms with E-state index in [1.807, 2.05) is 25.7 Å². The van der Waals surface area contributed by atoms with Gasteiger partial charge >= 0.3 is 6.16 Å². The normalized spacial score (nSPS) is 26.9. The number of anilines is 2. The summed E-state index contributed by atoms with van der Waals surface area (Å²) in [6.45, 7) is 15.2. The number of amides is 1. The van der Waals surface area contributed by atoms with Crippen LogP contribution in [0.1, 0.15) is 71.8 Å². The maximum absolute atomic E-state index is 13.7. The number of ether oxygens (including phenoxy) is 1. The van der Waals surface area contributed by atoms with Gasteiger partial charge in [0.1, 0.15) is 5.60 Å². The summed E-state index contributed by atoms with van der Waals surface area (Å²) in [4.78, 5) is 38.3. The quantitative estimate of drug-likeness (QED) is 0.540. The third-order valence-corrected chi connectivity index (χ3v) is 8.86. The minimum absolute atomic E-state index is 0.213. The molecule has 0 unspecified atom stereocenters. The number of likely N-dealkylation sites (tertiary alicyclic amines) is 1. The Labute approximate surface area is 221 Å². The van der Waals surface area contributed by atoms with Crippen LogP contribution < -0.4 is 9.80 Å². The van der Waals surface area contributed by atoms with Crippen LogP contribution in [0, 0.1) is 12.3 Å². The molecule has 4 fully saturated rings. The van der Waals surface area contributed by atoms with Gasteiger partial charge in [-0.3, -0.25) is 9.69 Å². The summed E-state index contributed by atoms with van der Waals surface area (Å²) in [5.74, 6) is 0.213. The summed E-state index contributed by atoms with van der Waals surface area (Å²) in [5.41, 5.74) is 2.50. The van der Waals surface area contributed by atoms with Crippen LogP contribution in [0.2, 0.25) is 0 Å². The molecule has 4 saturated heterocycles. The van der Waals surface area contributed by atoms with Crippen LogP contribution in [-0.2, 0) is 14.4 Å². The maximum Gasteiger partial charge on any atom is 0.528 e. The highest BCUT2D eigenvalue weighted by atomic mass is 16.8. The number of carbonyl (C=O) groups is 2. The van der Waals surface area contributed by atoms with E-state index in [0.717, 1.165) is 37.3 Å². The summed E-state index contributed by atoms with van der Waals surface area (Å²) in [6.07, 6.45) is 5.41. The zero-order valence-electron chi connectivity index (χ0n) is 23.3. The van der Waals surface area contributed by atoms with Crippen molar-refractivity contribution >= 4 is 23.4 Å². The number of benzene rings is 1. The van der Waals surface area contributed by atoms with E-state index in [1.54, 1.807) is 5.06 Å². The van der Waals surface area contributed by atoms with E-state index in [4.69, 9.17) is 9.57 Å². The average molecular weight is 513 g/mol. The van der Waals surface area contributed by atoms with Crippen LogP contribution in [0.15, 0.2) is 18.2 Å². The molecule has 37 heavy (non-hydrogen) atoms. The molecule has 204 valence electrons. The minimum Gasteiger partial charge on any atom is -0.427 e. The Kier molecular flexibility index (Phi) is 7.18. The molecule has 4 aliphatic rings. The molecule has 4 heterocycles. The molecule has 1 spiro atoms. The van der Waals surface area contributed by atoms with Crippen LogP contribution >= 0.6 is 0 Å². The second-order valence-corrected chi connectivity index (χ2v) is 12.6. The highest BCUT2D eigenvalue weighted by molar-refractivity contribution is 6.00. The lowest BCUT2D eigenvalue weighted by Crippen LogP contribution is -2.45. The molecule has 1 amide bonds. The molecule has 1 aromatic carbocycles. The lowest BCUT2D eigenvalue weighted by molar-refractivity contribution is -0.166. The number of hydrogen-bond donors (Lipinski definition) is 0. The standard InChI is InChI=1S/C29H44N4O4/c1-21-19-23(30-15-10-24(20-30)32-14-6-7-22(32)2)8-9-25(21)33-18-13-29(26(33)34)11-16-31(17-12-29)37-27(35)36-28(3,4)5/h8-9,19,22,24H,6-7,10-18,20H2,1-5H3/t22-,24-/m0/s1. The first-order valence-corrected chi connectivity index (χ1v) is 14.1. The van der Waals surface area contributed by atoms with Gasteiger partial charge in [0.05, 0.1) is 5.41 Å². The third-order valence-electron chi connectivity index (χ3n) is 8.86. The van der Waals surface area contributed by atoms with Gasteiger partial charge in [0, 0.05) is 56.2 Å². The number of piperidine rings is 1. The average Bonchev–Trinajstić information content (AvgIpc) is 3.55. The van der Waals surface area contributed by atoms with Crippen molar-refractivity contribution in [1.82, 2.24) is 9.96 Å². The van der Waals surface area contributed by atoms with Gasteiger partial charge in [-0.05, 0) is 103 Å². The van der Waals surface area contributed by atoms with Gasteiger partial charge in [-0.15, -0.1) is 5.06 Å². The molecule has 2 atom stereocenters. The summed E-state index contributed by atoms with van der Waals surface area (Å²) < 4.78 is 5.27. The first-order chi connectivity index (χ1) is 17.5. The zero-order valence-corrected chi connectivity index (χ0v) is 23.3. The molecule has 5 rings (SSSR count). The molecule has 0 aromatic heterocycles. The Morgan fingerprint density at radius 1 is 1.03 bits per heavy atom. The van der Waals surface area contributed by atoms with Gasteiger partial charge in [-0.25, -0.2) is 4.79 Å². The molecule has 0 saturated carbocycles. The molecule has 1 aromatic rings. The fraction of sp³-hybridized carbons (Fsp3) is 0.724. The molecule has 0 aliphatic carbocycles. The molecule has 8 heteroatoms. The van der Waals surface area contributed by atoms with E-state index in [-0.39, 0.29) is 11.3 Å². The van der Waals surface area contributed by atoms with Crippen molar-refractivity contribution in [3.63, 3.8) is 0 Å². The first kappa shape index (κ1) is 26.3. The van der Waals surface area contributed by atoms with E-state index >= 15 is 0 Å². The largest absolute Gasteiger partial charge is 0.528 e.